The second kappa shape index (κ2) is 7.67. The fraction of sp³-hybridized carbons (Fsp3) is 0.353. The summed E-state index contributed by atoms with van der Waals surface area (Å²) < 4.78 is 20.8. The molecule has 0 radical (unpaired) electrons. The van der Waals surface area contributed by atoms with Gasteiger partial charge in [-0.05, 0) is 26.0 Å². The molecule has 138 valence electrons. The number of hydrogen-bond donors (Lipinski definition) is 1. The maximum absolute atomic E-state index is 14.5. The van der Waals surface area contributed by atoms with Gasteiger partial charge in [0.25, 0.3) is 0 Å². The fourth-order valence-electron chi connectivity index (χ4n) is 2.88. The van der Waals surface area contributed by atoms with E-state index in [1.807, 2.05) is 0 Å². The summed E-state index contributed by atoms with van der Waals surface area (Å²) in [4.78, 5) is 24.0. The van der Waals surface area contributed by atoms with Gasteiger partial charge in [0.15, 0.2) is 0 Å². The number of carbonyl (C=O) groups excluding carboxylic acids is 2. The van der Waals surface area contributed by atoms with Crippen LogP contribution in [0, 0.1) is 12.7 Å². The fourth-order valence-corrected chi connectivity index (χ4v) is 4.47. The summed E-state index contributed by atoms with van der Waals surface area (Å²) >= 11 is 7.51. The molecule has 1 aliphatic heterocycles. The average molecular weight is 398 g/mol. The molecule has 1 amide bonds. The molecule has 0 saturated carbocycles. The van der Waals surface area contributed by atoms with E-state index in [0.717, 1.165) is 0 Å². The van der Waals surface area contributed by atoms with Crippen molar-refractivity contribution >= 4 is 41.1 Å². The van der Waals surface area contributed by atoms with Crippen LogP contribution in [0.3, 0.4) is 0 Å². The lowest BCUT2D eigenvalue weighted by atomic mass is 10.0. The molecule has 0 bridgehead atoms. The Hall–Kier alpha value is -2.06. The van der Waals surface area contributed by atoms with Gasteiger partial charge in [-0.25, -0.2) is 9.07 Å². The van der Waals surface area contributed by atoms with Gasteiger partial charge < -0.3 is 10.1 Å². The van der Waals surface area contributed by atoms with Crippen molar-refractivity contribution in [3.8, 4) is 0 Å². The molecule has 0 aliphatic carbocycles. The molecule has 6 nitrogen and oxygen atoms in total. The van der Waals surface area contributed by atoms with Gasteiger partial charge in [-0.2, -0.15) is 5.10 Å². The summed E-state index contributed by atoms with van der Waals surface area (Å²) in [5, 5.41) is 6.87. The Kier molecular flexibility index (Phi) is 5.52. The van der Waals surface area contributed by atoms with E-state index in [4.69, 9.17) is 16.3 Å². The van der Waals surface area contributed by atoms with Crippen LogP contribution >= 0.6 is 23.4 Å². The quantitative estimate of drug-likeness (QED) is 0.801. The molecule has 1 N–H and O–H groups in total. The van der Waals surface area contributed by atoms with Gasteiger partial charge in [0.1, 0.15) is 18.2 Å². The molecule has 1 aromatic carbocycles. The van der Waals surface area contributed by atoms with Gasteiger partial charge in [-0.1, -0.05) is 17.7 Å². The van der Waals surface area contributed by atoms with Crippen LogP contribution < -0.4 is 5.32 Å². The van der Waals surface area contributed by atoms with Gasteiger partial charge in [-0.3, -0.25) is 9.59 Å². The third kappa shape index (κ3) is 3.57. The summed E-state index contributed by atoms with van der Waals surface area (Å²) in [5.41, 5.74) is 1.52. The van der Waals surface area contributed by atoms with Crippen LogP contribution in [-0.2, 0) is 20.9 Å². The SMILES string of the molecule is CCOC(=O)Cn1nc(C)c2c1NC(=O)CS[C@@H]2c1c(F)cccc1Cl. The van der Waals surface area contributed by atoms with Crippen LogP contribution in [-0.4, -0.2) is 34.0 Å². The Bertz CT molecular complexity index is 851. The number of nitrogens with one attached hydrogen (secondary N) is 1. The zero-order valence-corrected chi connectivity index (χ0v) is 15.8. The number of ether oxygens (including phenoxy) is 1. The monoisotopic (exact) mass is 397 g/mol. The van der Waals surface area contributed by atoms with Crippen molar-refractivity contribution in [2.45, 2.75) is 25.6 Å². The topological polar surface area (TPSA) is 73.2 Å². The van der Waals surface area contributed by atoms with E-state index in [1.54, 1.807) is 19.9 Å². The highest BCUT2D eigenvalue weighted by Crippen LogP contribution is 2.46. The lowest BCUT2D eigenvalue weighted by Crippen LogP contribution is -2.20. The number of benzene rings is 1. The van der Waals surface area contributed by atoms with Gasteiger partial charge in [0, 0.05) is 16.1 Å². The van der Waals surface area contributed by atoms with E-state index >= 15 is 0 Å². The number of anilines is 1. The van der Waals surface area contributed by atoms with Gasteiger partial charge in [0.2, 0.25) is 5.91 Å². The minimum absolute atomic E-state index is 0.128. The second-order valence-corrected chi connectivity index (χ2v) is 7.19. The van der Waals surface area contributed by atoms with E-state index in [9.17, 15) is 14.0 Å². The lowest BCUT2D eigenvalue weighted by molar-refractivity contribution is -0.144. The largest absolute Gasteiger partial charge is 0.465 e. The van der Waals surface area contributed by atoms with E-state index in [2.05, 4.69) is 10.4 Å². The van der Waals surface area contributed by atoms with Crippen molar-refractivity contribution in [1.29, 1.82) is 0 Å². The predicted octanol–water partition coefficient (Wildman–Crippen LogP) is 3.32. The van der Waals surface area contributed by atoms with Crippen molar-refractivity contribution in [3.63, 3.8) is 0 Å². The van der Waals surface area contributed by atoms with Crippen LogP contribution in [0.2, 0.25) is 5.02 Å². The highest BCUT2D eigenvalue weighted by atomic mass is 35.5. The number of thioether (sulfide) groups is 1. The summed E-state index contributed by atoms with van der Waals surface area (Å²) in [6.07, 6.45) is 0. The number of fused-ring (bicyclic) bond motifs is 1. The molecule has 0 fully saturated rings. The second-order valence-electron chi connectivity index (χ2n) is 5.68. The smallest absolute Gasteiger partial charge is 0.327 e. The van der Waals surface area contributed by atoms with E-state index in [-0.39, 0.29) is 29.8 Å². The Morgan fingerprint density at radius 2 is 2.27 bits per heavy atom. The van der Waals surface area contributed by atoms with Crippen LogP contribution in [0.4, 0.5) is 10.2 Å². The molecule has 0 saturated heterocycles. The maximum Gasteiger partial charge on any atom is 0.327 e. The predicted molar refractivity (Wildman–Crippen MR) is 97.9 cm³/mol. The number of aromatic nitrogens is 2. The normalized spacial score (nSPS) is 16.6. The van der Waals surface area contributed by atoms with Crippen molar-refractivity contribution in [2.75, 3.05) is 17.7 Å². The number of hydrogen-bond acceptors (Lipinski definition) is 5. The summed E-state index contributed by atoms with van der Waals surface area (Å²) in [5.74, 6) is -0.675. The molecule has 9 heteroatoms. The molecule has 2 heterocycles. The Balaban J connectivity index is 2.11. The zero-order valence-electron chi connectivity index (χ0n) is 14.2. The molecule has 1 atom stereocenters. The molecule has 1 aromatic heterocycles. The standard InChI is InChI=1S/C17H17ClFN3O3S/c1-3-25-13(24)7-22-17-14(9(2)21-22)16(26-8-12(23)20-17)15-10(18)5-4-6-11(15)19/h4-6,16H,3,7-8H2,1-2H3,(H,20,23)/t16-/m0/s1. The number of amides is 1. The van der Waals surface area contributed by atoms with Crippen molar-refractivity contribution in [1.82, 2.24) is 9.78 Å². The van der Waals surface area contributed by atoms with Crippen molar-refractivity contribution in [2.24, 2.45) is 0 Å². The maximum atomic E-state index is 14.5. The average Bonchev–Trinajstić information content (AvgIpc) is 2.75. The number of halogens is 2. The Labute approximate surface area is 159 Å². The van der Waals surface area contributed by atoms with Crippen molar-refractivity contribution < 1.29 is 18.7 Å². The zero-order chi connectivity index (χ0) is 18.8. The minimum Gasteiger partial charge on any atom is -0.465 e. The van der Waals surface area contributed by atoms with Gasteiger partial charge in [-0.15, -0.1) is 11.8 Å². The number of carbonyl (C=O) groups is 2. The highest BCUT2D eigenvalue weighted by Gasteiger charge is 2.33. The first kappa shape index (κ1) is 18.7. The van der Waals surface area contributed by atoms with Crippen molar-refractivity contribution in [3.05, 3.63) is 45.9 Å². The molecule has 0 unspecified atom stereocenters. The number of rotatable bonds is 4. The van der Waals surface area contributed by atoms with Crippen LogP contribution in [0.1, 0.15) is 29.0 Å². The molecule has 0 spiro atoms. The number of aryl methyl sites for hydroxylation is 1. The third-order valence-corrected chi connectivity index (χ3v) is 5.48. The van der Waals surface area contributed by atoms with Gasteiger partial charge >= 0.3 is 5.97 Å². The van der Waals surface area contributed by atoms with E-state index < -0.39 is 17.0 Å². The first-order valence-electron chi connectivity index (χ1n) is 8.00. The first-order chi connectivity index (χ1) is 12.4. The summed E-state index contributed by atoms with van der Waals surface area (Å²) in [7, 11) is 0. The lowest BCUT2D eigenvalue weighted by Gasteiger charge is -2.17. The molecular weight excluding hydrogens is 381 g/mol. The van der Waals surface area contributed by atoms with Crippen LogP contribution in [0.15, 0.2) is 18.2 Å². The van der Waals surface area contributed by atoms with Crippen LogP contribution in [0.5, 0.6) is 0 Å². The van der Waals surface area contributed by atoms with E-state index in [0.29, 0.717) is 22.6 Å². The van der Waals surface area contributed by atoms with Gasteiger partial charge in [0.05, 0.1) is 23.3 Å². The van der Waals surface area contributed by atoms with Crippen LogP contribution in [0.25, 0.3) is 0 Å². The molecule has 3 rings (SSSR count). The molecular formula is C17H17ClFN3O3S. The highest BCUT2D eigenvalue weighted by molar-refractivity contribution is 8.00. The Morgan fingerprint density at radius 3 is 2.96 bits per heavy atom. The summed E-state index contributed by atoms with van der Waals surface area (Å²) in [6.45, 7) is 3.56. The third-order valence-electron chi connectivity index (χ3n) is 3.92. The molecule has 1 aliphatic rings. The number of esters is 1. The molecule has 26 heavy (non-hydrogen) atoms. The minimum atomic E-state index is -0.520. The number of nitrogens with zero attached hydrogens (tertiary/aromatic N) is 2. The first-order valence-corrected chi connectivity index (χ1v) is 9.43. The Morgan fingerprint density at radius 1 is 1.50 bits per heavy atom. The van der Waals surface area contributed by atoms with E-state index in [1.165, 1.54) is 28.6 Å². The summed E-state index contributed by atoms with van der Waals surface area (Å²) in [6, 6.07) is 4.47. The molecule has 2 aromatic rings.